The van der Waals surface area contributed by atoms with Gasteiger partial charge in [-0.1, -0.05) is 20.8 Å². The minimum absolute atomic E-state index is 0.00910. The number of carbonyl (C=O) groups is 1. The molecular formula is C10H16N3O3+. The fourth-order valence-corrected chi connectivity index (χ4v) is 1.62. The van der Waals surface area contributed by atoms with Crippen LogP contribution in [-0.2, 0) is 4.74 Å². The summed E-state index contributed by atoms with van der Waals surface area (Å²) in [4.78, 5) is 15.6. The van der Waals surface area contributed by atoms with Gasteiger partial charge in [0.25, 0.3) is 0 Å². The molecule has 1 aliphatic rings. The Hall–Kier alpha value is -1.77. The molecule has 1 rings (SSSR count). The fourth-order valence-electron chi connectivity index (χ4n) is 1.62. The molecule has 1 atom stereocenters. The molecule has 6 nitrogen and oxygen atoms in total. The Balaban J connectivity index is 2.80. The van der Waals surface area contributed by atoms with E-state index in [9.17, 15) is 9.90 Å². The van der Waals surface area contributed by atoms with Crippen LogP contribution in [0.3, 0.4) is 0 Å². The Labute approximate surface area is 94.1 Å². The summed E-state index contributed by atoms with van der Waals surface area (Å²) in [5, 5.41) is 17.6. The molecule has 6 heteroatoms. The summed E-state index contributed by atoms with van der Waals surface area (Å²) in [5.41, 5.74) is -0.136. The number of carbonyl (C=O) groups excluding carboxylic acids is 1. The van der Waals surface area contributed by atoms with E-state index < -0.39 is 6.09 Å². The van der Waals surface area contributed by atoms with Crippen molar-refractivity contribution in [2.75, 3.05) is 13.2 Å². The SMILES string of the molecule is CC(C)(C)[C@H]1COC(=O)N1C/C(O)=C/[N+]#N. The van der Waals surface area contributed by atoms with E-state index in [0.29, 0.717) is 6.61 Å². The summed E-state index contributed by atoms with van der Waals surface area (Å²) < 4.78 is 4.94. The molecule has 0 unspecified atom stereocenters. The minimum atomic E-state index is -0.460. The van der Waals surface area contributed by atoms with Gasteiger partial charge in [0.2, 0.25) is 11.2 Å². The number of diazo groups is 1. The number of cyclic esters (lactones) is 1. The zero-order chi connectivity index (χ0) is 12.3. The van der Waals surface area contributed by atoms with E-state index in [2.05, 4.69) is 4.98 Å². The molecule has 0 radical (unpaired) electrons. The molecular weight excluding hydrogens is 210 g/mol. The van der Waals surface area contributed by atoms with E-state index in [1.807, 2.05) is 20.8 Å². The molecule has 16 heavy (non-hydrogen) atoms. The van der Waals surface area contributed by atoms with E-state index in [0.717, 1.165) is 6.20 Å². The van der Waals surface area contributed by atoms with Crippen LogP contribution in [0.5, 0.6) is 0 Å². The molecule has 1 heterocycles. The third kappa shape index (κ3) is 2.63. The Morgan fingerprint density at radius 1 is 1.75 bits per heavy atom. The first-order valence-electron chi connectivity index (χ1n) is 5.02. The average Bonchev–Trinajstić information content (AvgIpc) is 2.47. The van der Waals surface area contributed by atoms with Crippen molar-refractivity contribution in [3.63, 3.8) is 0 Å². The fraction of sp³-hybridized carbons (Fsp3) is 0.700. The maximum absolute atomic E-state index is 11.4. The summed E-state index contributed by atoms with van der Waals surface area (Å²) in [5.74, 6) is -0.185. The predicted octanol–water partition coefficient (Wildman–Crippen LogP) is 2.11. The van der Waals surface area contributed by atoms with Crippen LogP contribution in [0.25, 0.3) is 4.98 Å². The Bertz CT molecular complexity index is 351. The number of aliphatic hydroxyl groups excluding tert-OH is 1. The van der Waals surface area contributed by atoms with Gasteiger partial charge in [-0.15, -0.1) is 0 Å². The molecule has 0 aromatic rings. The Morgan fingerprint density at radius 2 is 2.38 bits per heavy atom. The van der Waals surface area contributed by atoms with Crippen molar-refractivity contribution >= 4 is 6.09 Å². The lowest BCUT2D eigenvalue weighted by atomic mass is 9.86. The average molecular weight is 226 g/mol. The molecule has 1 N–H and O–H groups in total. The standard InChI is InChI=1S/C10H15N3O3/c1-10(2,3)8-6-16-9(15)13(8)5-7(14)4-12-11/h4,8H,5-6H2,1-3H3/p+1/b7-4-/t8-/m1/s1. The van der Waals surface area contributed by atoms with Gasteiger partial charge in [-0.05, 0) is 5.41 Å². The first-order chi connectivity index (χ1) is 7.36. The van der Waals surface area contributed by atoms with Crippen molar-refractivity contribution in [3.8, 4) is 0 Å². The second-order valence-corrected chi connectivity index (χ2v) is 4.82. The van der Waals surface area contributed by atoms with E-state index in [1.165, 1.54) is 4.90 Å². The van der Waals surface area contributed by atoms with Crippen molar-refractivity contribution in [3.05, 3.63) is 16.9 Å². The second-order valence-electron chi connectivity index (χ2n) is 4.82. The van der Waals surface area contributed by atoms with Gasteiger partial charge in [-0.25, -0.2) is 4.79 Å². The largest absolute Gasteiger partial charge is 0.504 e. The van der Waals surface area contributed by atoms with Crippen molar-refractivity contribution in [1.29, 1.82) is 5.39 Å². The molecule has 0 bridgehead atoms. The molecule has 1 amide bonds. The van der Waals surface area contributed by atoms with Crippen LogP contribution < -0.4 is 0 Å². The van der Waals surface area contributed by atoms with Crippen molar-refractivity contribution in [2.45, 2.75) is 26.8 Å². The molecule has 0 aromatic carbocycles. The van der Waals surface area contributed by atoms with Gasteiger partial charge in [-0.3, -0.25) is 4.90 Å². The first kappa shape index (κ1) is 12.3. The lowest BCUT2D eigenvalue weighted by Gasteiger charge is -2.31. The van der Waals surface area contributed by atoms with Crippen LogP contribution in [0, 0.1) is 10.8 Å². The molecule has 1 fully saturated rings. The summed E-state index contributed by atoms with van der Waals surface area (Å²) in [6.07, 6.45) is 0.434. The van der Waals surface area contributed by atoms with Gasteiger partial charge in [0.05, 0.1) is 12.6 Å². The monoisotopic (exact) mass is 226 g/mol. The number of hydrogen-bond donors (Lipinski definition) is 1. The van der Waals surface area contributed by atoms with Crippen LogP contribution in [0.15, 0.2) is 12.0 Å². The summed E-state index contributed by atoms with van der Waals surface area (Å²) in [6.45, 7) is 6.27. The number of hydrogen-bond acceptors (Lipinski definition) is 4. The van der Waals surface area contributed by atoms with Crippen molar-refractivity contribution in [1.82, 2.24) is 4.90 Å². The lowest BCUT2D eigenvalue weighted by molar-refractivity contribution is 0.146. The molecule has 0 spiro atoms. The Kier molecular flexibility index (Phi) is 3.38. The van der Waals surface area contributed by atoms with Crippen molar-refractivity contribution in [2.24, 2.45) is 5.41 Å². The van der Waals surface area contributed by atoms with Crippen LogP contribution in [0.1, 0.15) is 20.8 Å². The van der Waals surface area contributed by atoms with E-state index >= 15 is 0 Å². The van der Waals surface area contributed by atoms with Gasteiger partial charge >= 0.3 is 12.3 Å². The van der Waals surface area contributed by atoms with Gasteiger partial charge in [0, 0.05) is 0 Å². The number of aliphatic hydroxyl groups is 1. The molecule has 0 aromatic heterocycles. The van der Waals surface area contributed by atoms with Gasteiger partial charge in [-0.2, -0.15) is 0 Å². The number of rotatable bonds is 2. The zero-order valence-electron chi connectivity index (χ0n) is 9.67. The highest BCUT2D eigenvalue weighted by atomic mass is 16.6. The molecule has 0 saturated carbocycles. The van der Waals surface area contributed by atoms with Crippen LogP contribution in [0.2, 0.25) is 0 Å². The van der Waals surface area contributed by atoms with E-state index in [1.54, 1.807) is 0 Å². The van der Waals surface area contributed by atoms with Crippen molar-refractivity contribution < 1.29 is 14.6 Å². The normalized spacial score (nSPS) is 21.9. The van der Waals surface area contributed by atoms with Gasteiger partial charge < -0.3 is 9.84 Å². The molecule has 0 aliphatic carbocycles. The second kappa shape index (κ2) is 4.39. The Morgan fingerprint density at radius 3 is 2.88 bits per heavy atom. The summed E-state index contributed by atoms with van der Waals surface area (Å²) >= 11 is 0. The van der Waals surface area contributed by atoms with Crippen LogP contribution in [0.4, 0.5) is 4.79 Å². The highest BCUT2D eigenvalue weighted by molar-refractivity contribution is 5.70. The quantitative estimate of drug-likeness (QED) is 0.577. The smallest absolute Gasteiger partial charge is 0.410 e. The number of amides is 1. The van der Waals surface area contributed by atoms with Crippen LogP contribution in [-0.4, -0.2) is 35.3 Å². The number of nitrogens with zero attached hydrogens (tertiary/aromatic N) is 3. The zero-order valence-corrected chi connectivity index (χ0v) is 9.67. The van der Waals surface area contributed by atoms with E-state index in [4.69, 9.17) is 10.1 Å². The maximum atomic E-state index is 11.4. The first-order valence-corrected chi connectivity index (χ1v) is 5.02. The number of ether oxygens (including phenoxy) is 1. The van der Waals surface area contributed by atoms with Crippen LogP contribution >= 0.6 is 0 Å². The highest BCUT2D eigenvalue weighted by Gasteiger charge is 2.41. The molecule has 1 saturated heterocycles. The minimum Gasteiger partial charge on any atom is -0.504 e. The third-order valence-electron chi connectivity index (χ3n) is 2.51. The summed E-state index contributed by atoms with van der Waals surface area (Å²) in [7, 11) is 0. The van der Waals surface area contributed by atoms with E-state index in [-0.39, 0.29) is 23.8 Å². The van der Waals surface area contributed by atoms with Gasteiger partial charge in [0.1, 0.15) is 6.61 Å². The third-order valence-corrected chi connectivity index (χ3v) is 2.51. The molecule has 88 valence electrons. The summed E-state index contributed by atoms with van der Waals surface area (Å²) in [6, 6.07) is -0.103. The topological polar surface area (TPSA) is 77.9 Å². The maximum Gasteiger partial charge on any atom is 0.410 e. The van der Waals surface area contributed by atoms with Gasteiger partial charge in [0.15, 0.2) is 4.98 Å². The predicted molar refractivity (Wildman–Crippen MR) is 57.1 cm³/mol. The molecule has 1 aliphatic heterocycles. The highest BCUT2D eigenvalue weighted by Crippen LogP contribution is 2.29. The lowest BCUT2D eigenvalue weighted by Crippen LogP contribution is -2.43.